The first-order chi connectivity index (χ1) is 8.08. The molecule has 0 aliphatic heterocycles. The van der Waals surface area contributed by atoms with Crippen molar-refractivity contribution in [3.63, 3.8) is 0 Å². The number of hydrogen-bond donors (Lipinski definition) is 1. The van der Waals surface area contributed by atoms with Crippen LogP contribution < -0.4 is 9.47 Å². The number of aliphatic hydroxyl groups is 1. The Morgan fingerprint density at radius 3 is 2.65 bits per heavy atom. The maximum Gasteiger partial charge on any atom is 0.343 e. The number of methoxy groups -OCH3 is 2. The zero-order chi connectivity index (χ0) is 12.8. The van der Waals surface area contributed by atoms with Gasteiger partial charge in [0.05, 0.1) is 20.3 Å². The molecule has 1 N–H and O–H groups in total. The predicted octanol–water partition coefficient (Wildman–Crippen LogP) is 1.30. The summed E-state index contributed by atoms with van der Waals surface area (Å²) in [6.45, 7) is 1.41. The summed E-state index contributed by atoms with van der Waals surface area (Å²) >= 11 is 0. The molecule has 0 saturated heterocycles. The van der Waals surface area contributed by atoms with E-state index >= 15 is 0 Å². The largest absolute Gasteiger partial charge is 0.497 e. The van der Waals surface area contributed by atoms with Crippen molar-refractivity contribution >= 4 is 5.97 Å². The van der Waals surface area contributed by atoms with Gasteiger partial charge in [-0.25, -0.2) is 4.79 Å². The number of esters is 1. The molecule has 94 valence electrons. The van der Waals surface area contributed by atoms with Gasteiger partial charge in [0.15, 0.2) is 6.61 Å². The molecule has 0 fully saturated rings. The van der Waals surface area contributed by atoms with Gasteiger partial charge in [-0.3, -0.25) is 0 Å². The Bertz CT molecular complexity index is 386. The van der Waals surface area contributed by atoms with Gasteiger partial charge in [0.1, 0.15) is 11.5 Å². The van der Waals surface area contributed by atoms with Gasteiger partial charge in [-0.1, -0.05) is 0 Å². The number of carbonyl (C=O) groups excluding carboxylic acids is 1. The first kappa shape index (κ1) is 13.3. The third kappa shape index (κ3) is 3.64. The minimum Gasteiger partial charge on any atom is -0.497 e. The van der Waals surface area contributed by atoms with Gasteiger partial charge in [0, 0.05) is 11.6 Å². The average Bonchev–Trinajstić information content (AvgIpc) is 2.35. The molecule has 17 heavy (non-hydrogen) atoms. The number of hydrogen-bond acceptors (Lipinski definition) is 5. The molecule has 0 amide bonds. The van der Waals surface area contributed by atoms with Crippen LogP contribution in [0, 0.1) is 0 Å². The number of carbonyl (C=O) groups is 1. The van der Waals surface area contributed by atoms with E-state index < -0.39 is 12.1 Å². The summed E-state index contributed by atoms with van der Waals surface area (Å²) in [5.74, 6) is 0.517. The third-order valence-electron chi connectivity index (χ3n) is 2.24. The molecule has 0 aliphatic carbocycles. The van der Waals surface area contributed by atoms with Crippen LogP contribution in [-0.2, 0) is 9.53 Å². The van der Waals surface area contributed by atoms with Crippen LogP contribution in [0.1, 0.15) is 18.6 Å². The van der Waals surface area contributed by atoms with E-state index in [4.69, 9.17) is 9.47 Å². The molecule has 5 nitrogen and oxygen atoms in total. The Labute approximate surface area is 99.9 Å². The standard InChI is InChI=1S/C12H16O5/c1-8(13)10-5-4-9(15-2)6-11(10)17-7-12(14)16-3/h4-6,8,13H,7H2,1-3H3/t8-/m0/s1. The minimum atomic E-state index is -0.687. The van der Waals surface area contributed by atoms with E-state index in [2.05, 4.69) is 4.74 Å². The molecule has 0 spiro atoms. The summed E-state index contributed by atoms with van der Waals surface area (Å²) in [6, 6.07) is 5.02. The van der Waals surface area contributed by atoms with Crippen molar-refractivity contribution in [2.45, 2.75) is 13.0 Å². The van der Waals surface area contributed by atoms with Gasteiger partial charge in [-0.05, 0) is 19.1 Å². The van der Waals surface area contributed by atoms with E-state index in [1.165, 1.54) is 14.2 Å². The zero-order valence-corrected chi connectivity index (χ0v) is 10.1. The van der Waals surface area contributed by atoms with Gasteiger partial charge >= 0.3 is 5.97 Å². The Hall–Kier alpha value is -1.75. The van der Waals surface area contributed by atoms with E-state index in [0.717, 1.165) is 0 Å². The number of rotatable bonds is 5. The van der Waals surface area contributed by atoms with Crippen LogP contribution in [0.15, 0.2) is 18.2 Å². The maximum absolute atomic E-state index is 11.0. The second kappa shape index (κ2) is 6.10. The fourth-order valence-corrected chi connectivity index (χ4v) is 1.31. The van der Waals surface area contributed by atoms with Crippen molar-refractivity contribution in [1.82, 2.24) is 0 Å². The monoisotopic (exact) mass is 240 g/mol. The molecular formula is C12H16O5. The highest BCUT2D eigenvalue weighted by Gasteiger charge is 2.12. The van der Waals surface area contributed by atoms with Crippen molar-refractivity contribution in [3.05, 3.63) is 23.8 Å². The first-order valence-electron chi connectivity index (χ1n) is 5.14. The van der Waals surface area contributed by atoms with Gasteiger partial charge in [0.2, 0.25) is 0 Å². The summed E-state index contributed by atoms with van der Waals surface area (Å²) in [5, 5.41) is 9.55. The minimum absolute atomic E-state index is 0.205. The predicted molar refractivity (Wildman–Crippen MR) is 61.1 cm³/mol. The van der Waals surface area contributed by atoms with Crippen LogP contribution in [0.25, 0.3) is 0 Å². The SMILES string of the molecule is COC(=O)COc1cc(OC)ccc1[C@H](C)O. The Morgan fingerprint density at radius 1 is 1.41 bits per heavy atom. The van der Waals surface area contributed by atoms with Crippen LogP contribution in [-0.4, -0.2) is 31.9 Å². The second-order valence-corrected chi connectivity index (χ2v) is 3.44. The summed E-state index contributed by atoms with van der Waals surface area (Å²) in [6.07, 6.45) is -0.687. The van der Waals surface area contributed by atoms with E-state index in [0.29, 0.717) is 17.1 Å². The lowest BCUT2D eigenvalue weighted by Gasteiger charge is -2.13. The highest BCUT2D eigenvalue weighted by Crippen LogP contribution is 2.29. The molecule has 0 saturated carbocycles. The van der Waals surface area contributed by atoms with Crippen LogP contribution in [0.4, 0.5) is 0 Å². The fraction of sp³-hybridized carbons (Fsp3) is 0.417. The van der Waals surface area contributed by atoms with Gasteiger partial charge in [-0.15, -0.1) is 0 Å². The van der Waals surface area contributed by atoms with E-state index in [1.54, 1.807) is 25.1 Å². The van der Waals surface area contributed by atoms with Crippen LogP contribution >= 0.6 is 0 Å². The Morgan fingerprint density at radius 2 is 2.12 bits per heavy atom. The molecule has 0 unspecified atom stereocenters. The highest BCUT2D eigenvalue weighted by molar-refractivity contribution is 5.71. The zero-order valence-electron chi connectivity index (χ0n) is 10.1. The van der Waals surface area contributed by atoms with Gasteiger partial charge in [0.25, 0.3) is 0 Å². The Balaban J connectivity index is 2.89. The van der Waals surface area contributed by atoms with Crippen molar-refractivity contribution < 1.29 is 24.1 Å². The molecule has 0 aliphatic rings. The van der Waals surface area contributed by atoms with Crippen LogP contribution in [0.3, 0.4) is 0 Å². The van der Waals surface area contributed by atoms with E-state index in [9.17, 15) is 9.90 Å². The van der Waals surface area contributed by atoms with Crippen molar-refractivity contribution in [2.75, 3.05) is 20.8 Å². The van der Waals surface area contributed by atoms with E-state index in [1.807, 2.05) is 0 Å². The summed E-state index contributed by atoms with van der Waals surface area (Å²) < 4.78 is 14.8. The summed E-state index contributed by atoms with van der Waals surface area (Å²) in [4.78, 5) is 11.0. The molecule has 1 rings (SSSR count). The van der Waals surface area contributed by atoms with Crippen LogP contribution in [0.5, 0.6) is 11.5 Å². The molecule has 1 aromatic carbocycles. The number of benzene rings is 1. The second-order valence-electron chi connectivity index (χ2n) is 3.44. The summed E-state index contributed by atoms with van der Waals surface area (Å²) in [7, 11) is 2.81. The molecule has 0 bridgehead atoms. The maximum atomic E-state index is 11.0. The topological polar surface area (TPSA) is 65.0 Å². The molecule has 1 aromatic rings. The average molecular weight is 240 g/mol. The molecule has 1 atom stereocenters. The smallest absolute Gasteiger partial charge is 0.343 e. The van der Waals surface area contributed by atoms with Crippen molar-refractivity contribution in [3.8, 4) is 11.5 Å². The van der Waals surface area contributed by atoms with Crippen LogP contribution in [0.2, 0.25) is 0 Å². The Kier molecular flexibility index (Phi) is 4.78. The molecule has 0 aromatic heterocycles. The van der Waals surface area contributed by atoms with Gasteiger partial charge < -0.3 is 19.3 Å². The molecule has 5 heteroatoms. The molecule has 0 radical (unpaired) electrons. The quantitative estimate of drug-likeness (QED) is 0.786. The third-order valence-corrected chi connectivity index (χ3v) is 2.24. The lowest BCUT2D eigenvalue weighted by Crippen LogP contribution is -2.13. The molecule has 0 heterocycles. The van der Waals surface area contributed by atoms with Crippen molar-refractivity contribution in [2.24, 2.45) is 0 Å². The summed E-state index contributed by atoms with van der Waals surface area (Å²) in [5.41, 5.74) is 0.592. The lowest BCUT2D eigenvalue weighted by molar-refractivity contribution is -0.142. The first-order valence-corrected chi connectivity index (χ1v) is 5.14. The fourth-order valence-electron chi connectivity index (χ4n) is 1.31. The lowest BCUT2D eigenvalue weighted by atomic mass is 10.1. The molecular weight excluding hydrogens is 224 g/mol. The van der Waals surface area contributed by atoms with E-state index in [-0.39, 0.29) is 6.61 Å². The van der Waals surface area contributed by atoms with Gasteiger partial charge in [-0.2, -0.15) is 0 Å². The number of ether oxygens (including phenoxy) is 3. The number of aliphatic hydroxyl groups excluding tert-OH is 1. The highest BCUT2D eigenvalue weighted by atomic mass is 16.6. The normalized spacial score (nSPS) is 11.8. The van der Waals surface area contributed by atoms with Crippen molar-refractivity contribution in [1.29, 1.82) is 0 Å².